The fourth-order valence-corrected chi connectivity index (χ4v) is 4.66. The first kappa shape index (κ1) is 16.4. The molecule has 1 saturated carbocycles. The summed E-state index contributed by atoms with van der Waals surface area (Å²) in [4.78, 5) is 22.0. The number of ether oxygens (including phenoxy) is 1. The van der Waals surface area contributed by atoms with Gasteiger partial charge >= 0.3 is 5.97 Å². The van der Waals surface area contributed by atoms with Crippen LogP contribution < -0.4 is 5.32 Å². The summed E-state index contributed by atoms with van der Waals surface area (Å²) >= 11 is 0. The van der Waals surface area contributed by atoms with Crippen LogP contribution in [-0.2, 0) is 25.1 Å². The Bertz CT molecular complexity index is 433. The van der Waals surface area contributed by atoms with E-state index in [9.17, 15) is 13.8 Å². The summed E-state index contributed by atoms with van der Waals surface area (Å²) in [6.45, 7) is 1.25. The van der Waals surface area contributed by atoms with Gasteiger partial charge in [0.2, 0.25) is 5.91 Å². The average molecular weight is 317 g/mol. The van der Waals surface area contributed by atoms with E-state index in [4.69, 9.17) is 9.84 Å². The predicted octanol–water partition coefficient (Wildman–Crippen LogP) is 0.816. The molecule has 2 N–H and O–H groups in total. The van der Waals surface area contributed by atoms with E-state index in [2.05, 4.69) is 5.32 Å². The Hall–Kier alpha value is -0.950. The first-order valence-electron chi connectivity index (χ1n) is 7.43. The number of hydrogen-bond donors (Lipinski definition) is 2. The van der Waals surface area contributed by atoms with E-state index >= 15 is 0 Å². The van der Waals surface area contributed by atoms with Crippen molar-refractivity contribution in [2.45, 2.75) is 63.2 Å². The molecule has 1 heterocycles. The van der Waals surface area contributed by atoms with Crippen molar-refractivity contribution in [3.63, 3.8) is 0 Å². The van der Waals surface area contributed by atoms with Gasteiger partial charge in [0.1, 0.15) is 6.04 Å². The molecule has 21 heavy (non-hydrogen) atoms. The SMILES string of the molecule is CC(=O)N[C@@H](CS(=O)CC1CCC2(CCCC2)O1)C(=O)O. The number of carboxylic acid groups (broad SMARTS) is 1. The number of aliphatic carboxylic acids is 1. The van der Waals surface area contributed by atoms with E-state index in [-0.39, 0.29) is 17.5 Å². The lowest BCUT2D eigenvalue weighted by Crippen LogP contribution is -2.44. The minimum absolute atomic E-state index is 0.00129. The number of carbonyl (C=O) groups is 2. The molecule has 1 saturated heterocycles. The van der Waals surface area contributed by atoms with Gasteiger partial charge in [-0.25, -0.2) is 4.79 Å². The summed E-state index contributed by atoms with van der Waals surface area (Å²) < 4.78 is 18.2. The molecule has 1 aliphatic heterocycles. The molecule has 0 aromatic rings. The fraction of sp³-hybridized carbons (Fsp3) is 0.857. The zero-order valence-corrected chi connectivity index (χ0v) is 13.1. The van der Waals surface area contributed by atoms with Gasteiger partial charge in [0.15, 0.2) is 0 Å². The Morgan fingerprint density at radius 3 is 2.62 bits per heavy atom. The van der Waals surface area contributed by atoms with Crippen LogP contribution in [0.4, 0.5) is 0 Å². The average Bonchev–Trinajstić information content (AvgIpc) is 2.99. The molecule has 1 aliphatic carbocycles. The van der Waals surface area contributed by atoms with Gasteiger partial charge < -0.3 is 15.2 Å². The summed E-state index contributed by atoms with van der Waals surface area (Å²) in [5.74, 6) is -1.30. The van der Waals surface area contributed by atoms with Crippen molar-refractivity contribution in [2.24, 2.45) is 0 Å². The molecular formula is C14H23NO5S. The molecule has 0 radical (unpaired) electrons. The van der Waals surface area contributed by atoms with Gasteiger partial charge in [0.25, 0.3) is 0 Å². The Morgan fingerprint density at radius 1 is 1.38 bits per heavy atom. The largest absolute Gasteiger partial charge is 0.480 e. The highest BCUT2D eigenvalue weighted by Gasteiger charge is 2.42. The third-order valence-corrected chi connectivity index (χ3v) is 5.70. The summed E-state index contributed by atoms with van der Waals surface area (Å²) in [5.41, 5.74) is -0.00129. The fourth-order valence-electron chi connectivity index (χ4n) is 3.28. The minimum atomic E-state index is -1.31. The second kappa shape index (κ2) is 6.87. The first-order chi connectivity index (χ1) is 9.90. The maximum absolute atomic E-state index is 12.1. The normalized spacial score (nSPS) is 26.6. The molecule has 3 atom stereocenters. The number of carboxylic acids is 1. The smallest absolute Gasteiger partial charge is 0.327 e. The molecular weight excluding hydrogens is 294 g/mol. The van der Waals surface area contributed by atoms with Crippen LogP contribution in [0.5, 0.6) is 0 Å². The molecule has 2 aliphatic rings. The Kier molecular flexibility index (Phi) is 5.37. The van der Waals surface area contributed by atoms with Crippen LogP contribution >= 0.6 is 0 Å². The van der Waals surface area contributed by atoms with Crippen molar-refractivity contribution in [3.05, 3.63) is 0 Å². The van der Waals surface area contributed by atoms with Crippen molar-refractivity contribution >= 4 is 22.7 Å². The lowest BCUT2D eigenvalue weighted by Gasteiger charge is -2.23. The van der Waals surface area contributed by atoms with Gasteiger partial charge in [-0.2, -0.15) is 0 Å². The number of carbonyl (C=O) groups excluding carboxylic acids is 1. The van der Waals surface area contributed by atoms with Crippen molar-refractivity contribution in [1.82, 2.24) is 5.32 Å². The van der Waals surface area contributed by atoms with Crippen LogP contribution in [0.1, 0.15) is 45.4 Å². The van der Waals surface area contributed by atoms with Crippen LogP contribution in [0.25, 0.3) is 0 Å². The van der Waals surface area contributed by atoms with Gasteiger partial charge in [0, 0.05) is 23.5 Å². The third-order valence-electron chi connectivity index (χ3n) is 4.25. The van der Waals surface area contributed by atoms with Crippen molar-refractivity contribution < 1.29 is 23.6 Å². The zero-order valence-electron chi connectivity index (χ0n) is 12.3. The van der Waals surface area contributed by atoms with Gasteiger partial charge in [-0.05, 0) is 25.7 Å². The van der Waals surface area contributed by atoms with Crippen molar-refractivity contribution in [1.29, 1.82) is 0 Å². The van der Waals surface area contributed by atoms with Gasteiger partial charge in [-0.15, -0.1) is 0 Å². The molecule has 1 amide bonds. The molecule has 2 fully saturated rings. The number of nitrogens with one attached hydrogen (secondary N) is 1. The Morgan fingerprint density at radius 2 is 2.05 bits per heavy atom. The van der Waals surface area contributed by atoms with Crippen LogP contribution in [0, 0.1) is 0 Å². The number of amides is 1. The highest BCUT2D eigenvalue weighted by molar-refractivity contribution is 7.85. The summed E-state index contributed by atoms with van der Waals surface area (Å²) in [5, 5.41) is 11.3. The van der Waals surface area contributed by atoms with Crippen LogP contribution in [0.15, 0.2) is 0 Å². The zero-order chi connectivity index (χ0) is 15.5. The maximum atomic E-state index is 12.1. The van der Waals surface area contributed by atoms with E-state index in [1.807, 2.05) is 0 Å². The molecule has 7 heteroatoms. The standard InChI is InChI=1S/C14H23NO5S/c1-10(16)15-12(13(17)18)9-21(19)8-11-4-7-14(20-11)5-2-3-6-14/h11-12H,2-9H2,1H3,(H,15,16)(H,17,18)/t11?,12-,21?/m0/s1. The van der Waals surface area contributed by atoms with E-state index in [0.29, 0.717) is 5.75 Å². The number of hydrogen-bond acceptors (Lipinski definition) is 4. The predicted molar refractivity (Wildman–Crippen MR) is 78.4 cm³/mol. The molecule has 0 aromatic heterocycles. The van der Waals surface area contributed by atoms with Gasteiger partial charge in [0.05, 0.1) is 17.5 Å². The lowest BCUT2D eigenvalue weighted by atomic mass is 9.98. The quantitative estimate of drug-likeness (QED) is 0.756. The summed E-state index contributed by atoms with van der Waals surface area (Å²) in [6.07, 6.45) is 6.42. The molecule has 120 valence electrons. The third kappa shape index (κ3) is 4.51. The van der Waals surface area contributed by atoms with Crippen molar-refractivity contribution in [3.8, 4) is 0 Å². The molecule has 6 nitrogen and oxygen atoms in total. The second-order valence-corrected chi connectivity index (χ2v) is 7.58. The highest BCUT2D eigenvalue weighted by Crippen LogP contribution is 2.43. The molecule has 0 bridgehead atoms. The lowest BCUT2D eigenvalue weighted by molar-refractivity contribution is -0.140. The Labute approximate surface area is 127 Å². The highest BCUT2D eigenvalue weighted by atomic mass is 32.2. The van der Waals surface area contributed by atoms with Gasteiger partial charge in [-0.3, -0.25) is 9.00 Å². The van der Waals surface area contributed by atoms with E-state index in [1.165, 1.54) is 19.8 Å². The minimum Gasteiger partial charge on any atom is -0.480 e. The molecule has 2 rings (SSSR count). The molecule has 1 spiro atoms. The molecule has 2 unspecified atom stereocenters. The second-order valence-electron chi connectivity index (χ2n) is 6.03. The van der Waals surface area contributed by atoms with Crippen LogP contribution in [-0.4, -0.2) is 50.4 Å². The van der Waals surface area contributed by atoms with Gasteiger partial charge in [-0.1, -0.05) is 12.8 Å². The first-order valence-corrected chi connectivity index (χ1v) is 8.92. The van der Waals surface area contributed by atoms with E-state index in [1.54, 1.807) is 0 Å². The summed E-state index contributed by atoms with van der Waals surface area (Å²) in [7, 11) is -1.31. The summed E-state index contributed by atoms with van der Waals surface area (Å²) in [6, 6.07) is -1.09. The van der Waals surface area contributed by atoms with Crippen LogP contribution in [0.3, 0.4) is 0 Å². The van der Waals surface area contributed by atoms with E-state index < -0.39 is 28.7 Å². The Balaban J connectivity index is 1.81. The molecule has 0 aromatic carbocycles. The number of rotatable bonds is 6. The maximum Gasteiger partial charge on any atom is 0.327 e. The van der Waals surface area contributed by atoms with Crippen LogP contribution in [0.2, 0.25) is 0 Å². The monoisotopic (exact) mass is 317 g/mol. The van der Waals surface area contributed by atoms with E-state index in [0.717, 1.165) is 25.7 Å². The topological polar surface area (TPSA) is 92.7 Å². The van der Waals surface area contributed by atoms with Crippen molar-refractivity contribution in [2.75, 3.05) is 11.5 Å².